The van der Waals surface area contributed by atoms with Crippen LogP contribution in [0.1, 0.15) is 44.1 Å². The van der Waals surface area contributed by atoms with Crippen LogP contribution in [-0.2, 0) is 13.0 Å². The quantitative estimate of drug-likeness (QED) is 0.630. The maximum absolute atomic E-state index is 12.5. The number of furan rings is 1. The SMILES string of the molecule is COc1cc(CNC(=O)c2ccc(Cc3c(C)cc(C)cc3C)o2)cc(OC)c1. The van der Waals surface area contributed by atoms with Gasteiger partial charge in [0.1, 0.15) is 17.3 Å². The third-order valence-corrected chi connectivity index (χ3v) is 4.94. The van der Waals surface area contributed by atoms with Gasteiger partial charge in [0.15, 0.2) is 5.76 Å². The molecule has 29 heavy (non-hydrogen) atoms. The highest BCUT2D eigenvalue weighted by atomic mass is 16.5. The standard InChI is InChI=1S/C24H27NO4/c1-15-8-16(2)22(17(3)9-15)13-19-6-7-23(29-19)24(26)25-14-18-10-20(27-4)12-21(11-18)28-5/h6-12H,13-14H2,1-5H3,(H,25,26). The first-order valence-electron chi connectivity index (χ1n) is 9.55. The number of nitrogens with one attached hydrogen (secondary N) is 1. The zero-order valence-corrected chi connectivity index (χ0v) is 17.6. The molecule has 0 aliphatic heterocycles. The molecule has 0 aliphatic rings. The fourth-order valence-electron chi connectivity index (χ4n) is 3.50. The van der Waals surface area contributed by atoms with Gasteiger partial charge in [-0.1, -0.05) is 17.7 Å². The molecule has 1 N–H and O–H groups in total. The minimum atomic E-state index is -0.254. The number of methoxy groups -OCH3 is 2. The van der Waals surface area contributed by atoms with Gasteiger partial charge in [-0.05, 0) is 67.3 Å². The summed E-state index contributed by atoms with van der Waals surface area (Å²) in [5.41, 5.74) is 5.83. The van der Waals surface area contributed by atoms with E-state index in [9.17, 15) is 4.79 Å². The van der Waals surface area contributed by atoms with Crippen molar-refractivity contribution in [2.24, 2.45) is 0 Å². The lowest BCUT2D eigenvalue weighted by Crippen LogP contribution is -2.22. The van der Waals surface area contributed by atoms with Crippen LogP contribution >= 0.6 is 0 Å². The number of aryl methyl sites for hydroxylation is 3. The first-order valence-corrected chi connectivity index (χ1v) is 9.55. The van der Waals surface area contributed by atoms with Crippen molar-refractivity contribution < 1.29 is 18.7 Å². The van der Waals surface area contributed by atoms with Gasteiger partial charge < -0.3 is 19.2 Å². The molecule has 0 aliphatic carbocycles. The van der Waals surface area contributed by atoms with Gasteiger partial charge in [-0.3, -0.25) is 4.79 Å². The number of carbonyl (C=O) groups is 1. The van der Waals surface area contributed by atoms with Crippen LogP contribution in [0.4, 0.5) is 0 Å². The van der Waals surface area contributed by atoms with E-state index in [-0.39, 0.29) is 5.91 Å². The number of rotatable bonds is 7. The summed E-state index contributed by atoms with van der Waals surface area (Å²) in [6.07, 6.45) is 0.665. The molecule has 0 fully saturated rings. The van der Waals surface area contributed by atoms with Crippen LogP contribution in [0.3, 0.4) is 0 Å². The van der Waals surface area contributed by atoms with E-state index in [1.54, 1.807) is 26.4 Å². The lowest BCUT2D eigenvalue weighted by atomic mass is 9.97. The Kier molecular flexibility index (Phi) is 6.27. The molecule has 0 atom stereocenters. The summed E-state index contributed by atoms with van der Waals surface area (Å²) in [7, 11) is 3.19. The summed E-state index contributed by atoms with van der Waals surface area (Å²) >= 11 is 0. The highest BCUT2D eigenvalue weighted by Crippen LogP contribution is 2.23. The summed E-state index contributed by atoms with van der Waals surface area (Å²) in [4.78, 5) is 12.5. The minimum Gasteiger partial charge on any atom is -0.497 e. The lowest BCUT2D eigenvalue weighted by molar-refractivity contribution is 0.0921. The molecule has 0 saturated heterocycles. The molecule has 152 valence electrons. The number of hydrogen-bond acceptors (Lipinski definition) is 4. The molecule has 0 saturated carbocycles. The van der Waals surface area contributed by atoms with Crippen molar-refractivity contribution in [2.75, 3.05) is 14.2 Å². The number of carbonyl (C=O) groups excluding carboxylic acids is 1. The third-order valence-electron chi connectivity index (χ3n) is 4.94. The van der Waals surface area contributed by atoms with E-state index >= 15 is 0 Å². The van der Waals surface area contributed by atoms with Crippen molar-refractivity contribution in [3.8, 4) is 11.5 Å². The fourth-order valence-corrected chi connectivity index (χ4v) is 3.50. The van der Waals surface area contributed by atoms with Gasteiger partial charge in [0, 0.05) is 19.0 Å². The van der Waals surface area contributed by atoms with Crippen LogP contribution in [0.2, 0.25) is 0 Å². The van der Waals surface area contributed by atoms with E-state index in [4.69, 9.17) is 13.9 Å². The second kappa shape index (κ2) is 8.86. The Balaban J connectivity index is 1.67. The maximum Gasteiger partial charge on any atom is 0.287 e. The van der Waals surface area contributed by atoms with Gasteiger partial charge in [0.25, 0.3) is 5.91 Å². The molecule has 2 aromatic carbocycles. The van der Waals surface area contributed by atoms with E-state index in [0.717, 1.165) is 11.3 Å². The zero-order chi connectivity index (χ0) is 21.0. The van der Waals surface area contributed by atoms with Crippen molar-refractivity contribution in [1.82, 2.24) is 5.32 Å². The van der Waals surface area contributed by atoms with E-state index < -0.39 is 0 Å². The van der Waals surface area contributed by atoms with E-state index in [2.05, 4.69) is 38.2 Å². The molecule has 0 radical (unpaired) electrons. The van der Waals surface area contributed by atoms with Gasteiger partial charge in [0.2, 0.25) is 0 Å². The first-order chi connectivity index (χ1) is 13.9. The molecular formula is C24H27NO4. The number of amides is 1. The van der Waals surface area contributed by atoms with Crippen LogP contribution in [0.25, 0.3) is 0 Å². The molecule has 3 aromatic rings. The Morgan fingerprint density at radius 2 is 1.55 bits per heavy atom. The molecular weight excluding hydrogens is 366 g/mol. The smallest absolute Gasteiger partial charge is 0.287 e. The summed E-state index contributed by atoms with van der Waals surface area (Å²) in [5, 5.41) is 2.88. The Bertz CT molecular complexity index is 974. The molecule has 3 rings (SSSR count). The molecule has 1 amide bonds. The monoisotopic (exact) mass is 393 g/mol. The molecule has 0 bridgehead atoms. The van der Waals surface area contributed by atoms with Crippen LogP contribution < -0.4 is 14.8 Å². The van der Waals surface area contributed by atoms with Crippen molar-refractivity contribution in [2.45, 2.75) is 33.7 Å². The van der Waals surface area contributed by atoms with Crippen LogP contribution in [0.15, 0.2) is 46.9 Å². The normalized spacial score (nSPS) is 10.7. The Morgan fingerprint density at radius 3 is 2.14 bits per heavy atom. The molecule has 5 heteroatoms. The van der Waals surface area contributed by atoms with Gasteiger partial charge in [-0.15, -0.1) is 0 Å². The second-order valence-electron chi connectivity index (χ2n) is 7.22. The third kappa shape index (κ3) is 4.99. The van der Waals surface area contributed by atoms with Crippen molar-refractivity contribution in [1.29, 1.82) is 0 Å². The Labute approximate surface area is 171 Å². The summed E-state index contributed by atoms with van der Waals surface area (Å²) in [6, 6.07) is 13.4. The average molecular weight is 393 g/mol. The molecule has 1 heterocycles. The van der Waals surface area contributed by atoms with Gasteiger partial charge >= 0.3 is 0 Å². The van der Waals surface area contributed by atoms with Gasteiger partial charge in [0.05, 0.1) is 14.2 Å². The molecule has 1 aromatic heterocycles. The Morgan fingerprint density at radius 1 is 0.931 bits per heavy atom. The predicted molar refractivity (Wildman–Crippen MR) is 113 cm³/mol. The number of ether oxygens (including phenoxy) is 2. The average Bonchev–Trinajstić information content (AvgIpc) is 3.17. The largest absolute Gasteiger partial charge is 0.497 e. The van der Waals surface area contributed by atoms with E-state index in [1.807, 2.05) is 18.2 Å². The number of hydrogen-bond donors (Lipinski definition) is 1. The van der Waals surface area contributed by atoms with Crippen molar-refractivity contribution >= 4 is 5.91 Å². The lowest BCUT2D eigenvalue weighted by Gasteiger charge is -2.10. The van der Waals surface area contributed by atoms with Crippen LogP contribution in [-0.4, -0.2) is 20.1 Å². The van der Waals surface area contributed by atoms with Gasteiger partial charge in [-0.25, -0.2) is 0 Å². The number of benzene rings is 2. The summed E-state index contributed by atoms with van der Waals surface area (Å²) in [5.74, 6) is 2.18. The zero-order valence-electron chi connectivity index (χ0n) is 17.6. The van der Waals surface area contributed by atoms with E-state index in [1.165, 1.54) is 22.3 Å². The highest BCUT2D eigenvalue weighted by Gasteiger charge is 2.13. The molecule has 0 spiro atoms. The predicted octanol–water partition coefficient (Wildman–Crippen LogP) is 4.74. The fraction of sp³-hybridized carbons (Fsp3) is 0.292. The molecule has 0 unspecified atom stereocenters. The van der Waals surface area contributed by atoms with Crippen molar-refractivity contribution in [3.05, 3.63) is 81.8 Å². The Hall–Kier alpha value is -3.21. The topological polar surface area (TPSA) is 60.7 Å². The van der Waals surface area contributed by atoms with Gasteiger partial charge in [-0.2, -0.15) is 0 Å². The first kappa shape index (κ1) is 20.5. The maximum atomic E-state index is 12.5. The summed E-state index contributed by atoms with van der Waals surface area (Å²) < 4.78 is 16.3. The van der Waals surface area contributed by atoms with Crippen LogP contribution in [0, 0.1) is 20.8 Å². The van der Waals surface area contributed by atoms with Crippen LogP contribution in [0.5, 0.6) is 11.5 Å². The molecule has 5 nitrogen and oxygen atoms in total. The van der Waals surface area contributed by atoms with E-state index in [0.29, 0.717) is 30.2 Å². The van der Waals surface area contributed by atoms with Crippen molar-refractivity contribution in [3.63, 3.8) is 0 Å². The second-order valence-corrected chi connectivity index (χ2v) is 7.22. The minimum absolute atomic E-state index is 0.254. The summed E-state index contributed by atoms with van der Waals surface area (Å²) in [6.45, 7) is 6.65. The highest BCUT2D eigenvalue weighted by molar-refractivity contribution is 5.91.